The van der Waals surface area contributed by atoms with Gasteiger partial charge in [0.05, 0.1) is 4.88 Å². The summed E-state index contributed by atoms with van der Waals surface area (Å²) in [6.07, 6.45) is 5.48. The molecule has 2 atom stereocenters. The van der Waals surface area contributed by atoms with Crippen molar-refractivity contribution in [2.24, 2.45) is 5.92 Å². The third-order valence-corrected chi connectivity index (χ3v) is 7.22. The highest BCUT2D eigenvalue weighted by atomic mass is 32.1. The minimum atomic E-state index is -2.55. The molecule has 0 bridgehead atoms. The summed E-state index contributed by atoms with van der Waals surface area (Å²) < 4.78 is 26.5. The van der Waals surface area contributed by atoms with E-state index in [0.717, 1.165) is 23.8 Å². The van der Waals surface area contributed by atoms with E-state index in [2.05, 4.69) is 17.6 Å². The largest absolute Gasteiger partial charge is 0.478 e. The molecule has 0 aromatic carbocycles. The van der Waals surface area contributed by atoms with Crippen molar-refractivity contribution in [3.05, 3.63) is 33.5 Å². The number of carbonyl (C=O) groups is 3. The Kier molecular flexibility index (Phi) is 8.23. The van der Waals surface area contributed by atoms with Gasteiger partial charge in [-0.2, -0.15) is 0 Å². The summed E-state index contributed by atoms with van der Waals surface area (Å²) in [5, 5.41) is 22.2. The van der Waals surface area contributed by atoms with E-state index in [4.69, 9.17) is 10.2 Å². The predicted molar refractivity (Wildman–Crippen MR) is 120 cm³/mol. The Labute approximate surface area is 195 Å². The van der Waals surface area contributed by atoms with E-state index in [1.54, 1.807) is 0 Å². The zero-order chi connectivity index (χ0) is 24.2. The highest BCUT2D eigenvalue weighted by Gasteiger charge is 2.41. The lowest BCUT2D eigenvalue weighted by Crippen LogP contribution is -2.40. The van der Waals surface area contributed by atoms with Gasteiger partial charge in [0, 0.05) is 47.9 Å². The first-order valence-electron chi connectivity index (χ1n) is 11.2. The highest BCUT2D eigenvalue weighted by molar-refractivity contribution is 7.14. The lowest BCUT2D eigenvalue weighted by atomic mass is 9.92. The van der Waals surface area contributed by atoms with Crippen LogP contribution < -0.4 is 10.6 Å². The van der Waals surface area contributed by atoms with Gasteiger partial charge in [-0.05, 0) is 63.1 Å². The summed E-state index contributed by atoms with van der Waals surface area (Å²) in [7, 11) is 0. The van der Waals surface area contributed by atoms with Crippen molar-refractivity contribution >= 4 is 29.2 Å². The number of hydrogen-bond acceptors (Lipinski definition) is 5. The number of halogens is 2. The van der Waals surface area contributed by atoms with Crippen LogP contribution in [0.5, 0.6) is 0 Å². The second-order valence-electron chi connectivity index (χ2n) is 9.04. The molecule has 3 aliphatic carbocycles. The molecular weight excluding hydrogens is 454 g/mol. The molecule has 7 nitrogen and oxygen atoms in total. The van der Waals surface area contributed by atoms with Gasteiger partial charge < -0.3 is 20.8 Å². The minimum Gasteiger partial charge on any atom is -0.478 e. The molecule has 10 heteroatoms. The Bertz CT molecular complexity index is 887. The molecule has 3 aliphatic rings. The summed E-state index contributed by atoms with van der Waals surface area (Å²) >= 11 is 1.53. The molecule has 1 heterocycles. The molecule has 33 heavy (non-hydrogen) atoms. The maximum Gasteiger partial charge on any atom is 0.328 e. The van der Waals surface area contributed by atoms with Crippen LogP contribution in [-0.2, 0) is 9.59 Å². The molecule has 0 spiro atoms. The zero-order valence-electron chi connectivity index (χ0n) is 18.5. The van der Waals surface area contributed by atoms with E-state index < -0.39 is 17.9 Å². The molecule has 1 amide bonds. The van der Waals surface area contributed by atoms with Gasteiger partial charge in [-0.25, -0.2) is 18.4 Å². The Morgan fingerprint density at radius 2 is 1.73 bits per heavy atom. The van der Waals surface area contributed by atoms with E-state index in [1.165, 1.54) is 34.6 Å². The fourth-order valence-electron chi connectivity index (χ4n) is 3.96. The average molecular weight is 485 g/mol. The fourth-order valence-corrected chi connectivity index (χ4v) is 4.96. The van der Waals surface area contributed by atoms with Crippen molar-refractivity contribution in [1.29, 1.82) is 0 Å². The molecule has 1 aromatic rings. The highest BCUT2D eigenvalue weighted by Crippen LogP contribution is 2.45. The number of carboxylic acid groups (broad SMARTS) is 2. The Morgan fingerprint density at radius 1 is 1.12 bits per heavy atom. The van der Waals surface area contributed by atoms with Crippen LogP contribution in [0, 0.1) is 12.8 Å². The Balaban J connectivity index is 0.000000331. The number of aliphatic carboxylic acids is 2. The molecule has 1 aromatic heterocycles. The van der Waals surface area contributed by atoms with Gasteiger partial charge in [-0.3, -0.25) is 4.79 Å². The van der Waals surface area contributed by atoms with Gasteiger partial charge in [-0.15, -0.1) is 11.3 Å². The SMILES string of the molecule is Cc1sc(C(=O)NC2CCC(F)(F)CC2)cc1[C@@H]1C[C@H]1NCC1CC1.O=C(O)C=CC(=O)O. The summed E-state index contributed by atoms with van der Waals surface area (Å²) in [6.45, 7) is 3.21. The number of carbonyl (C=O) groups excluding carboxylic acids is 1. The second kappa shape index (κ2) is 10.7. The van der Waals surface area contributed by atoms with E-state index in [1.807, 2.05) is 6.07 Å². The molecule has 4 rings (SSSR count). The van der Waals surface area contributed by atoms with Gasteiger partial charge in [0.2, 0.25) is 5.92 Å². The normalized spacial score (nSPS) is 24.1. The van der Waals surface area contributed by atoms with Gasteiger partial charge in [0.15, 0.2) is 0 Å². The topological polar surface area (TPSA) is 116 Å². The Hall–Kier alpha value is -2.33. The number of rotatable bonds is 8. The minimum absolute atomic E-state index is 0.0993. The van der Waals surface area contributed by atoms with Gasteiger partial charge in [0.1, 0.15) is 0 Å². The zero-order valence-corrected chi connectivity index (χ0v) is 19.3. The number of alkyl halides is 2. The first-order chi connectivity index (χ1) is 15.5. The molecule has 0 radical (unpaired) electrons. The van der Waals surface area contributed by atoms with Gasteiger partial charge >= 0.3 is 11.9 Å². The van der Waals surface area contributed by atoms with Crippen molar-refractivity contribution in [3.8, 4) is 0 Å². The Morgan fingerprint density at radius 3 is 2.27 bits per heavy atom. The second-order valence-corrected chi connectivity index (χ2v) is 10.3. The van der Waals surface area contributed by atoms with E-state index in [0.29, 0.717) is 37.0 Å². The molecule has 182 valence electrons. The van der Waals surface area contributed by atoms with Crippen LogP contribution in [0.1, 0.15) is 71.0 Å². The smallest absolute Gasteiger partial charge is 0.328 e. The van der Waals surface area contributed by atoms with Crippen molar-refractivity contribution < 1.29 is 33.4 Å². The maximum atomic E-state index is 13.2. The average Bonchev–Trinajstić information content (AvgIpc) is 3.66. The quantitative estimate of drug-likeness (QED) is 0.416. The number of nitrogens with one attached hydrogen (secondary N) is 2. The molecule has 4 N–H and O–H groups in total. The van der Waals surface area contributed by atoms with Crippen LogP contribution in [0.4, 0.5) is 8.78 Å². The van der Waals surface area contributed by atoms with Crippen LogP contribution in [0.2, 0.25) is 0 Å². The van der Waals surface area contributed by atoms with Gasteiger partial charge in [-0.1, -0.05) is 0 Å². The summed E-state index contributed by atoms with van der Waals surface area (Å²) in [5.74, 6) is -3.75. The number of thiophene rings is 1. The van der Waals surface area contributed by atoms with Crippen LogP contribution in [-0.4, -0.2) is 52.6 Å². The predicted octanol–water partition coefficient (Wildman–Crippen LogP) is 3.93. The van der Waals surface area contributed by atoms with E-state index in [-0.39, 0.29) is 24.8 Å². The molecule has 3 saturated carbocycles. The number of hydrogen-bond donors (Lipinski definition) is 4. The van der Waals surface area contributed by atoms with Crippen LogP contribution >= 0.6 is 11.3 Å². The van der Waals surface area contributed by atoms with E-state index in [9.17, 15) is 23.2 Å². The van der Waals surface area contributed by atoms with Crippen LogP contribution in [0.15, 0.2) is 18.2 Å². The standard InChI is InChI=1S/C19H26F2N2OS.C4H4O4/c1-11-14(15-8-16(15)22-10-12-2-3-12)9-17(25-11)18(24)23-13-4-6-19(20,21)7-5-13;5-3(6)1-2-4(7)8/h9,12-13,15-16,22H,2-8,10H2,1H3,(H,23,24);1-2H,(H,5,6)(H,7,8)/t15-,16+;/m0./s1. The third kappa shape index (κ3) is 8.19. The summed E-state index contributed by atoms with van der Waals surface area (Å²) in [6, 6.07) is 2.47. The molecular formula is C23H30F2N2O5S. The number of carboxylic acids is 2. The lowest BCUT2D eigenvalue weighted by Gasteiger charge is -2.28. The third-order valence-electron chi connectivity index (χ3n) is 6.16. The molecule has 0 unspecified atom stereocenters. The molecule has 0 saturated heterocycles. The van der Waals surface area contributed by atoms with Crippen molar-refractivity contribution in [1.82, 2.24) is 10.6 Å². The van der Waals surface area contributed by atoms with Crippen molar-refractivity contribution in [2.75, 3.05) is 6.54 Å². The summed E-state index contributed by atoms with van der Waals surface area (Å²) in [4.78, 5) is 33.5. The molecule has 3 fully saturated rings. The number of aryl methyl sites for hydroxylation is 1. The monoisotopic (exact) mass is 484 g/mol. The maximum absolute atomic E-state index is 13.2. The van der Waals surface area contributed by atoms with Crippen LogP contribution in [0.25, 0.3) is 0 Å². The van der Waals surface area contributed by atoms with Crippen LogP contribution in [0.3, 0.4) is 0 Å². The van der Waals surface area contributed by atoms with Gasteiger partial charge in [0.25, 0.3) is 5.91 Å². The molecule has 0 aliphatic heterocycles. The lowest BCUT2D eigenvalue weighted by molar-refractivity contribution is -0.134. The van der Waals surface area contributed by atoms with Crippen molar-refractivity contribution in [3.63, 3.8) is 0 Å². The first kappa shape index (κ1) is 25.3. The number of amides is 1. The first-order valence-corrected chi connectivity index (χ1v) is 12.0. The fraction of sp³-hybridized carbons (Fsp3) is 0.609. The summed E-state index contributed by atoms with van der Waals surface area (Å²) in [5.41, 5.74) is 1.29. The van der Waals surface area contributed by atoms with Crippen molar-refractivity contribution in [2.45, 2.75) is 75.8 Å². The van der Waals surface area contributed by atoms with E-state index >= 15 is 0 Å².